The molecule has 1 heterocycles. The van der Waals surface area contributed by atoms with E-state index in [0.29, 0.717) is 17.9 Å². The summed E-state index contributed by atoms with van der Waals surface area (Å²) < 4.78 is 10.9. The first-order valence-corrected chi connectivity index (χ1v) is 6.59. The van der Waals surface area contributed by atoms with Crippen LogP contribution in [0.3, 0.4) is 0 Å². The second-order valence-electron chi connectivity index (χ2n) is 4.32. The Morgan fingerprint density at radius 3 is 2.60 bits per heavy atom. The van der Waals surface area contributed by atoms with E-state index in [2.05, 4.69) is 4.98 Å². The van der Waals surface area contributed by atoms with Gasteiger partial charge in [0.2, 0.25) is 5.88 Å². The van der Waals surface area contributed by atoms with E-state index in [1.54, 1.807) is 13.0 Å². The molecule has 1 aromatic carbocycles. The fourth-order valence-electron chi connectivity index (χ4n) is 1.88. The van der Waals surface area contributed by atoms with Crippen molar-refractivity contribution in [2.24, 2.45) is 0 Å². The molecule has 0 aliphatic heterocycles. The molecule has 1 unspecified atom stereocenters. The molecule has 2 aromatic rings. The van der Waals surface area contributed by atoms with E-state index in [9.17, 15) is 5.11 Å². The molecule has 5 heteroatoms. The summed E-state index contributed by atoms with van der Waals surface area (Å²) in [5.41, 5.74) is 1.52. The Labute approximate surface area is 122 Å². The second kappa shape index (κ2) is 6.59. The van der Waals surface area contributed by atoms with Gasteiger partial charge in [-0.15, -0.1) is 0 Å². The average molecular weight is 294 g/mol. The molecule has 0 saturated carbocycles. The molecule has 106 valence electrons. The molecule has 0 saturated heterocycles. The zero-order valence-corrected chi connectivity index (χ0v) is 12.1. The van der Waals surface area contributed by atoms with Crippen LogP contribution in [0.4, 0.5) is 0 Å². The number of aliphatic hydroxyl groups excluding tert-OH is 1. The van der Waals surface area contributed by atoms with Gasteiger partial charge in [0.05, 0.1) is 18.8 Å². The fourth-order valence-corrected chi connectivity index (χ4v) is 2.05. The molecule has 0 aliphatic carbocycles. The molecule has 0 radical (unpaired) electrons. The maximum Gasteiger partial charge on any atom is 0.224 e. The highest BCUT2D eigenvalue weighted by molar-refractivity contribution is 6.29. The van der Waals surface area contributed by atoms with Gasteiger partial charge in [0.1, 0.15) is 17.5 Å². The van der Waals surface area contributed by atoms with Gasteiger partial charge < -0.3 is 14.6 Å². The highest BCUT2D eigenvalue weighted by Gasteiger charge is 2.18. The predicted octanol–water partition coefficient (Wildman–Crippen LogP) is 3.38. The summed E-state index contributed by atoms with van der Waals surface area (Å²) in [5, 5.41) is 10.1. The van der Waals surface area contributed by atoms with Gasteiger partial charge >= 0.3 is 0 Å². The molecular formula is C15H16ClNO3. The number of nitrogens with zero attached hydrogens (tertiary/aromatic N) is 1. The lowest BCUT2D eigenvalue weighted by molar-refractivity contribution is 0.183. The van der Waals surface area contributed by atoms with Crippen LogP contribution < -0.4 is 9.47 Å². The van der Waals surface area contributed by atoms with Gasteiger partial charge in [0.25, 0.3) is 0 Å². The van der Waals surface area contributed by atoms with Crippen LogP contribution in [-0.2, 0) is 6.61 Å². The minimum absolute atomic E-state index is 0.259. The number of ether oxygens (including phenoxy) is 2. The Morgan fingerprint density at radius 1 is 1.30 bits per heavy atom. The summed E-state index contributed by atoms with van der Waals surface area (Å²) in [6.45, 7) is 2.01. The van der Waals surface area contributed by atoms with Gasteiger partial charge in [-0.3, -0.25) is 0 Å². The van der Waals surface area contributed by atoms with E-state index in [-0.39, 0.29) is 11.0 Å². The minimum Gasteiger partial charge on any atom is -0.488 e. The van der Waals surface area contributed by atoms with E-state index < -0.39 is 6.10 Å². The number of rotatable bonds is 5. The first-order chi connectivity index (χ1) is 9.61. The molecule has 0 fully saturated rings. The molecule has 1 atom stereocenters. The number of methoxy groups -OCH3 is 1. The number of hydrogen-bond acceptors (Lipinski definition) is 4. The van der Waals surface area contributed by atoms with Crippen LogP contribution in [0.25, 0.3) is 0 Å². The first-order valence-electron chi connectivity index (χ1n) is 6.21. The van der Waals surface area contributed by atoms with Gasteiger partial charge in [0.15, 0.2) is 0 Å². The molecule has 0 bridgehead atoms. The van der Waals surface area contributed by atoms with E-state index >= 15 is 0 Å². The summed E-state index contributed by atoms with van der Waals surface area (Å²) in [6, 6.07) is 11.3. The van der Waals surface area contributed by atoms with Crippen molar-refractivity contribution in [3.63, 3.8) is 0 Å². The summed E-state index contributed by atoms with van der Waals surface area (Å²) >= 11 is 5.93. The highest BCUT2D eigenvalue weighted by Crippen LogP contribution is 2.35. The lowest BCUT2D eigenvalue weighted by atomic mass is 10.1. The van der Waals surface area contributed by atoms with Crippen molar-refractivity contribution in [3.8, 4) is 11.6 Å². The van der Waals surface area contributed by atoms with Crippen LogP contribution in [-0.4, -0.2) is 17.2 Å². The number of benzene rings is 1. The van der Waals surface area contributed by atoms with E-state index in [1.807, 2.05) is 30.3 Å². The topological polar surface area (TPSA) is 51.6 Å². The van der Waals surface area contributed by atoms with Gasteiger partial charge in [-0.05, 0) is 12.5 Å². The molecule has 20 heavy (non-hydrogen) atoms. The molecular weight excluding hydrogens is 278 g/mol. The maximum atomic E-state index is 9.86. The highest BCUT2D eigenvalue weighted by atomic mass is 35.5. The minimum atomic E-state index is -0.763. The molecule has 1 N–H and O–H groups in total. The van der Waals surface area contributed by atoms with Crippen molar-refractivity contribution in [2.75, 3.05) is 7.11 Å². The van der Waals surface area contributed by atoms with Crippen molar-refractivity contribution >= 4 is 11.6 Å². The first kappa shape index (κ1) is 14.6. The van der Waals surface area contributed by atoms with Crippen molar-refractivity contribution in [3.05, 3.63) is 52.7 Å². The van der Waals surface area contributed by atoms with Crippen LogP contribution >= 0.6 is 11.6 Å². The summed E-state index contributed by atoms with van der Waals surface area (Å²) in [6.07, 6.45) is -0.763. The lowest BCUT2D eigenvalue weighted by Crippen LogP contribution is -2.05. The van der Waals surface area contributed by atoms with Gasteiger partial charge in [-0.1, -0.05) is 41.9 Å². The predicted molar refractivity (Wildman–Crippen MR) is 77.2 cm³/mol. The third kappa shape index (κ3) is 3.40. The number of hydrogen-bond donors (Lipinski definition) is 1. The van der Waals surface area contributed by atoms with Gasteiger partial charge in [-0.2, -0.15) is 0 Å². The molecule has 2 rings (SSSR count). The third-order valence-electron chi connectivity index (χ3n) is 2.80. The van der Waals surface area contributed by atoms with Crippen molar-refractivity contribution in [2.45, 2.75) is 19.6 Å². The molecule has 1 aromatic heterocycles. The van der Waals surface area contributed by atoms with Crippen LogP contribution in [0.2, 0.25) is 5.15 Å². The average Bonchev–Trinajstić information content (AvgIpc) is 2.45. The normalized spacial score (nSPS) is 12.0. The zero-order valence-electron chi connectivity index (χ0n) is 11.3. The number of aromatic nitrogens is 1. The van der Waals surface area contributed by atoms with Crippen molar-refractivity contribution in [1.82, 2.24) is 4.98 Å². The molecule has 0 amide bonds. The number of pyridine rings is 1. The molecule has 4 nitrogen and oxygen atoms in total. The molecule has 0 aliphatic rings. The summed E-state index contributed by atoms with van der Waals surface area (Å²) in [5.74, 6) is 0.747. The van der Waals surface area contributed by atoms with E-state index in [1.165, 1.54) is 7.11 Å². The summed E-state index contributed by atoms with van der Waals surface area (Å²) in [7, 11) is 1.48. The Hall–Kier alpha value is -1.78. The maximum absolute atomic E-state index is 9.86. The SMILES string of the molecule is COc1nc(Cl)cc(OCc2ccccc2)c1C(C)O. The van der Waals surface area contributed by atoms with Crippen LogP contribution in [0.15, 0.2) is 36.4 Å². The van der Waals surface area contributed by atoms with Crippen LogP contribution in [0, 0.1) is 0 Å². The van der Waals surface area contributed by atoms with Crippen molar-refractivity contribution in [1.29, 1.82) is 0 Å². The van der Waals surface area contributed by atoms with E-state index in [4.69, 9.17) is 21.1 Å². The van der Waals surface area contributed by atoms with Crippen LogP contribution in [0.5, 0.6) is 11.6 Å². The number of aliphatic hydroxyl groups is 1. The standard InChI is InChI=1S/C15H16ClNO3/c1-10(18)14-12(8-13(16)17-15(14)19-2)20-9-11-6-4-3-5-7-11/h3-8,10,18H,9H2,1-2H3. The van der Waals surface area contributed by atoms with Crippen molar-refractivity contribution < 1.29 is 14.6 Å². The summed E-state index contributed by atoms with van der Waals surface area (Å²) in [4.78, 5) is 4.03. The lowest BCUT2D eigenvalue weighted by Gasteiger charge is -2.16. The fraction of sp³-hybridized carbons (Fsp3) is 0.267. The quantitative estimate of drug-likeness (QED) is 0.859. The molecule has 0 spiro atoms. The smallest absolute Gasteiger partial charge is 0.224 e. The monoisotopic (exact) mass is 293 g/mol. The Kier molecular flexibility index (Phi) is 4.82. The van der Waals surface area contributed by atoms with Crippen LogP contribution in [0.1, 0.15) is 24.2 Å². The second-order valence-corrected chi connectivity index (χ2v) is 4.70. The number of halogens is 1. The Morgan fingerprint density at radius 2 is 2.00 bits per heavy atom. The van der Waals surface area contributed by atoms with Gasteiger partial charge in [-0.25, -0.2) is 4.98 Å². The Bertz CT molecular complexity index is 573. The Balaban J connectivity index is 2.28. The van der Waals surface area contributed by atoms with E-state index in [0.717, 1.165) is 5.56 Å². The third-order valence-corrected chi connectivity index (χ3v) is 3.00. The largest absolute Gasteiger partial charge is 0.488 e. The zero-order chi connectivity index (χ0) is 14.5. The van der Waals surface area contributed by atoms with Gasteiger partial charge in [0, 0.05) is 6.07 Å².